The number of thiol groups is 1. The molecule has 18 heavy (non-hydrogen) atoms. The summed E-state index contributed by atoms with van der Waals surface area (Å²) in [6, 6.07) is 15.4. The first-order valence-electron chi connectivity index (χ1n) is 5.37. The van der Waals surface area contributed by atoms with Crippen molar-refractivity contribution in [1.29, 1.82) is 0 Å². The Kier molecular flexibility index (Phi) is 5.86. The number of phenolic OH excluding ortho intramolecular Hbond substituents is 1. The van der Waals surface area contributed by atoms with Gasteiger partial charge in [0.1, 0.15) is 5.75 Å². The molecule has 0 aliphatic carbocycles. The van der Waals surface area contributed by atoms with Gasteiger partial charge in [0.2, 0.25) is 0 Å². The van der Waals surface area contributed by atoms with Gasteiger partial charge in [-0.05, 0) is 29.7 Å². The maximum absolute atomic E-state index is 9.36. The number of phenols is 1. The maximum Gasteiger partial charge on any atom is 0.134 e. The lowest BCUT2D eigenvalue weighted by Crippen LogP contribution is -1.95. The lowest BCUT2D eigenvalue weighted by atomic mass is 10.0. The van der Waals surface area contributed by atoms with Gasteiger partial charge in [-0.3, -0.25) is 0 Å². The molecule has 0 heterocycles. The molecule has 0 fully saturated rings. The predicted octanol–water partition coefficient (Wildman–Crippen LogP) is 4.68. The van der Waals surface area contributed by atoms with Crippen LogP contribution in [0, 0.1) is 0 Å². The average Bonchev–Trinajstić information content (AvgIpc) is 2.34. The molecule has 0 aliphatic rings. The smallest absolute Gasteiger partial charge is 0.134 e. The lowest BCUT2D eigenvalue weighted by molar-refractivity contribution is 0.475. The van der Waals surface area contributed by atoms with Crippen LogP contribution in [0.25, 0.3) is 0 Å². The van der Waals surface area contributed by atoms with E-state index in [1.165, 1.54) is 5.56 Å². The Balaban J connectivity index is 0.00000162. The van der Waals surface area contributed by atoms with Crippen LogP contribution in [-0.2, 0) is 6.42 Å². The first-order valence-corrected chi connectivity index (χ1v) is 6.26. The van der Waals surface area contributed by atoms with Crippen molar-refractivity contribution in [2.24, 2.45) is 0 Å². The molecule has 1 unspecified atom stereocenters. The minimum absolute atomic E-state index is 0. The fourth-order valence-corrected chi connectivity index (χ4v) is 2.25. The second-order valence-electron chi connectivity index (χ2n) is 3.92. The molecule has 0 aliphatic heterocycles. The molecule has 1 atom stereocenters. The minimum Gasteiger partial charge on any atom is -0.506 e. The Morgan fingerprint density at radius 3 is 2.39 bits per heavy atom. The third-order valence-corrected chi connectivity index (χ3v) is 3.41. The standard InChI is InChI=1S/C14H13ClOS.ClH/c15-12-9-11(6-7-13(12)16)14(17)8-10-4-2-1-3-5-10;/h1-7,9,14,16-17H,8H2;1H. The molecule has 0 radical (unpaired) electrons. The van der Waals surface area contributed by atoms with Gasteiger partial charge in [0.15, 0.2) is 0 Å². The zero-order chi connectivity index (χ0) is 12.3. The van der Waals surface area contributed by atoms with Gasteiger partial charge in [-0.2, -0.15) is 12.6 Å². The Bertz CT molecular complexity index is 502. The second kappa shape index (κ2) is 6.93. The van der Waals surface area contributed by atoms with E-state index in [2.05, 4.69) is 24.8 Å². The van der Waals surface area contributed by atoms with Gasteiger partial charge in [0.05, 0.1) is 5.02 Å². The number of halogens is 2. The van der Waals surface area contributed by atoms with Crippen molar-refractivity contribution in [2.45, 2.75) is 11.7 Å². The third-order valence-electron chi connectivity index (χ3n) is 2.63. The van der Waals surface area contributed by atoms with Gasteiger partial charge in [0.25, 0.3) is 0 Å². The maximum atomic E-state index is 9.36. The van der Waals surface area contributed by atoms with Crippen LogP contribution in [0.15, 0.2) is 48.5 Å². The van der Waals surface area contributed by atoms with Crippen LogP contribution in [0.3, 0.4) is 0 Å². The van der Waals surface area contributed by atoms with Crippen LogP contribution in [0.5, 0.6) is 5.75 Å². The van der Waals surface area contributed by atoms with Gasteiger partial charge in [-0.25, -0.2) is 0 Å². The van der Waals surface area contributed by atoms with Gasteiger partial charge in [0, 0.05) is 5.25 Å². The molecule has 1 nitrogen and oxygen atoms in total. The lowest BCUT2D eigenvalue weighted by Gasteiger charge is -2.12. The topological polar surface area (TPSA) is 20.2 Å². The van der Waals surface area contributed by atoms with E-state index in [1.807, 2.05) is 24.3 Å². The van der Waals surface area contributed by atoms with Crippen LogP contribution in [0.4, 0.5) is 0 Å². The van der Waals surface area contributed by atoms with E-state index in [4.69, 9.17) is 11.6 Å². The van der Waals surface area contributed by atoms with Crippen LogP contribution in [0.1, 0.15) is 16.4 Å². The van der Waals surface area contributed by atoms with Crippen molar-refractivity contribution in [1.82, 2.24) is 0 Å². The molecule has 1 N–H and O–H groups in total. The SMILES string of the molecule is Cl.Oc1ccc(C(S)Cc2ccccc2)cc1Cl. The molecule has 0 amide bonds. The fourth-order valence-electron chi connectivity index (χ4n) is 1.69. The number of benzene rings is 2. The number of hydrogen-bond acceptors (Lipinski definition) is 2. The Morgan fingerprint density at radius 2 is 1.78 bits per heavy atom. The summed E-state index contributed by atoms with van der Waals surface area (Å²) in [5.41, 5.74) is 2.25. The largest absolute Gasteiger partial charge is 0.506 e. The van der Waals surface area contributed by atoms with Crippen molar-refractivity contribution in [3.05, 3.63) is 64.7 Å². The van der Waals surface area contributed by atoms with Crippen molar-refractivity contribution in [3.8, 4) is 5.75 Å². The molecular weight excluding hydrogens is 287 g/mol. The van der Waals surface area contributed by atoms with Crippen LogP contribution in [0.2, 0.25) is 5.02 Å². The highest BCUT2D eigenvalue weighted by Gasteiger charge is 2.09. The molecule has 0 spiro atoms. The zero-order valence-electron chi connectivity index (χ0n) is 9.58. The molecule has 4 heteroatoms. The van der Waals surface area contributed by atoms with Crippen molar-refractivity contribution < 1.29 is 5.11 Å². The van der Waals surface area contributed by atoms with Gasteiger partial charge in [-0.1, -0.05) is 48.0 Å². The van der Waals surface area contributed by atoms with Gasteiger partial charge >= 0.3 is 0 Å². The summed E-state index contributed by atoms with van der Waals surface area (Å²) in [7, 11) is 0. The van der Waals surface area contributed by atoms with E-state index in [1.54, 1.807) is 12.1 Å². The van der Waals surface area contributed by atoms with E-state index in [9.17, 15) is 5.11 Å². The highest BCUT2D eigenvalue weighted by molar-refractivity contribution is 7.80. The van der Waals surface area contributed by atoms with E-state index in [0.29, 0.717) is 5.02 Å². The first-order chi connectivity index (χ1) is 8.16. The van der Waals surface area contributed by atoms with Crippen molar-refractivity contribution >= 4 is 36.6 Å². The molecule has 0 bridgehead atoms. The Hall–Kier alpha value is -0.830. The highest BCUT2D eigenvalue weighted by Crippen LogP contribution is 2.30. The molecule has 2 aromatic carbocycles. The van der Waals surface area contributed by atoms with E-state index in [0.717, 1.165) is 12.0 Å². The molecule has 2 rings (SSSR count). The monoisotopic (exact) mass is 300 g/mol. The summed E-state index contributed by atoms with van der Waals surface area (Å²) in [5.74, 6) is 0.107. The predicted molar refractivity (Wildman–Crippen MR) is 82.2 cm³/mol. The molecule has 0 saturated carbocycles. The third kappa shape index (κ3) is 3.84. The van der Waals surface area contributed by atoms with E-state index >= 15 is 0 Å². The number of rotatable bonds is 3. The average molecular weight is 301 g/mol. The van der Waals surface area contributed by atoms with Crippen LogP contribution >= 0.6 is 36.6 Å². The summed E-state index contributed by atoms with van der Waals surface area (Å²) in [6.07, 6.45) is 0.838. The number of hydrogen-bond donors (Lipinski definition) is 2. The first kappa shape index (κ1) is 15.2. The fraction of sp³-hybridized carbons (Fsp3) is 0.143. The summed E-state index contributed by atoms with van der Waals surface area (Å²) in [5, 5.41) is 9.81. The van der Waals surface area contributed by atoms with Crippen LogP contribution in [-0.4, -0.2) is 5.11 Å². The van der Waals surface area contributed by atoms with Gasteiger partial charge in [-0.15, -0.1) is 12.4 Å². The van der Waals surface area contributed by atoms with E-state index in [-0.39, 0.29) is 23.4 Å². The van der Waals surface area contributed by atoms with Crippen LogP contribution < -0.4 is 0 Å². The highest BCUT2D eigenvalue weighted by atomic mass is 35.5. The quantitative estimate of drug-likeness (QED) is 0.789. The summed E-state index contributed by atoms with van der Waals surface area (Å²) >= 11 is 10.4. The zero-order valence-corrected chi connectivity index (χ0v) is 12.1. The molecule has 0 saturated heterocycles. The summed E-state index contributed by atoms with van der Waals surface area (Å²) < 4.78 is 0. The molecule has 0 aromatic heterocycles. The minimum atomic E-state index is 0. The van der Waals surface area contributed by atoms with Crippen molar-refractivity contribution in [2.75, 3.05) is 0 Å². The van der Waals surface area contributed by atoms with Gasteiger partial charge < -0.3 is 5.11 Å². The Morgan fingerprint density at radius 1 is 1.11 bits per heavy atom. The normalized spacial score (nSPS) is 11.7. The Labute approximate surface area is 124 Å². The molecule has 2 aromatic rings. The number of aromatic hydroxyl groups is 1. The van der Waals surface area contributed by atoms with E-state index < -0.39 is 0 Å². The summed E-state index contributed by atoms with van der Waals surface area (Å²) in [4.78, 5) is 0. The second-order valence-corrected chi connectivity index (χ2v) is 4.95. The van der Waals surface area contributed by atoms with Crippen molar-refractivity contribution in [3.63, 3.8) is 0 Å². The molecule has 96 valence electrons. The molecular formula is C14H14Cl2OS. The summed E-state index contributed by atoms with van der Waals surface area (Å²) in [6.45, 7) is 0.